The highest BCUT2D eigenvalue weighted by molar-refractivity contribution is 5.97. The summed E-state index contributed by atoms with van der Waals surface area (Å²) in [6.45, 7) is 4.36. The number of β-amino-alcohol motifs (C(OH)–C–C–N with tert-alkyl or cyclic N) is 1. The van der Waals surface area contributed by atoms with Crippen molar-refractivity contribution in [3.63, 3.8) is 0 Å². The van der Waals surface area contributed by atoms with E-state index in [1.165, 1.54) is 6.08 Å². The molecule has 1 fully saturated rings. The van der Waals surface area contributed by atoms with Crippen LogP contribution in [0, 0.1) is 6.92 Å². The van der Waals surface area contributed by atoms with Crippen molar-refractivity contribution in [2.24, 2.45) is 0 Å². The molecule has 1 unspecified atom stereocenters. The lowest BCUT2D eigenvalue weighted by Crippen LogP contribution is -2.34. The van der Waals surface area contributed by atoms with Gasteiger partial charge in [0.05, 0.1) is 5.60 Å². The van der Waals surface area contributed by atoms with Crippen LogP contribution in [0.25, 0.3) is 6.08 Å². The molecule has 0 bridgehead atoms. The van der Waals surface area contributed by atoms with E-state index in [1.807, 2.05) is 0 Å². The molecule has 1 aromatic rings. The van der Waals surface area contributed by atoms with Crippen LogP contribution < -0.4 is 0 Å². The highest BCUT2D eigenvalue weighted by Gasteiger charge is 2.34. The number of aliphatic hydroxyl groups is 1. The number of likely N-dealkylation sites (tertiary alicyclic amines) is 1. The van der Waals surface area contributed by atoms with Crippen molar-refractivity contribution >= 4 is 18.0 Å². The number of aliphatic carboxylic acids is 1. The molecule has 1 amide bonds. The maximum absolute atomic E-state index is 12.5. The number of hydrogen-bond acceptors (Lipinski definition) is 3. The van der Waals surface area contributed by atoms with Gasteiger partial charge in [-0.25, -0.2) is 4.79 Å². The molecule has 0 radical (unpaired) electrons. The van der Waals surface area contributed by atoms with Crippen LogP contribution in [0.4, 0.5) is 0 Å². The summed E-state index contributed by atoms with van der Waals surface area (Å²) in [4.78, 5) is 24.7. The van der Waals surface area contributed by atoms with Gasteiger partial charge in [-0.2, -0.15) is 0 Å². The van der Waals surface area contributed by atoms with Crippen molar-refractivity contribution in [1.82, 2.24) is 4.90 Å². The summed E-state index contributed by atoms with van der Waals surface area (Å²) in [7, 11) is 0. The molecule has 1 aliphatic rings. The van der Waals surface area contributed by atoms with Gasteiger partial charge in [-0.15, -0.1) is 0 Å². The zero-order valence-corrected chi connectivity index (χ0v) is 12.2. The highest BCUT2D eigenvalue weighted by atomic mass is 16.4. The molecule has 1 saturated heterocycles. The molecule has 1 heterocycles. The Labute approximate surface area is 123 Å². The molecule has 0 aromatic heterocycles. The van der Waals surface area contributed by atoms with E-state index in [1.54, 1.807) is 36.9 Å². The third-order valence-electron chi connectivity index (χ3n) is 3.75. The largest absolute Gasteiger partial charge is 0.478 e. The highest BCUT2D eigenvalue weighted by Crippen LogP contribution is 2.24. The Kier molecular flexibility index (Phi) is 4.14. The molecule has 5 nitrogen and oxygen atoms in total. The first-order valence-corrected chi connectivity index (χ1v) is 6.82. The number of rotatable bonds is 3. The number of carboxylic acid groups (broad SMARTS) is 1. The number of carbonyl (C=O) groups is 2. The first-order valence-electron chi connectivity index (χ1n) is 6.82. The van der Waals surface area contributed by atoms with E-state index in [4.69, 9.17) is 5.11 Å². The maximum atomic E-state index is 12.5. The predicted octanol–water partition coefficient (Wildman–Crippen LogP) is 1.69. The SMILES string of the molecule is Cc1c(/C=C/C(=O)O)cccc1C(=O)N1CCC(C)(O)C1. The molecule has 0 spiro atoms. The average Bonchev–Trinajstić information content (AvgIpc) is 2.77. The molecule has 1 aliphatic heterocycles. The molecular weight excluding hydrogens is 270 g/mol. The molecular formula is C16H19NO4. The Morgan fingerprint density at radius 3 is 2.67 bits per heavy atom. The normalized spacial score (nSPS) is 22.0. The van der Waals surface area contributed by atoms with Crippen LogP contribution in [-0.2, 0) is 4.79 Å². The number of nitrogens with zero attached hydrogens (tertiary/aromatic N) is 1. The van der Waals surface area contributed by atoms with E-state index in [9.17, 15) is 14.7 Å². The van der Waals surface area contributed by atoms with Crippen molar-refractivity contribution in [3.05, 3.63) is 41.0 Å². The zero-order chi connectivity index (χ0) is 15.6. The van der Waals surface area contributed by atoms with Crippen LogP contribution in [-0.4, -0.2) is 45.7 Å². The predicted molar refractivity (Wildman–Crippen MR) is 79.0 cm³/mol. The van der Waals surface area contributed by atoms with Crippen LogP contribution in [0.3, 0.4) is 0 Å². The minimum atomic E-state index is -1.03. The summed E-state index contributed by atoms with van der Waals surface area (Å²) in [5.41, 5.74) is 1.16. The second-order valence-electron chi connectivity index (χ2n) is 5.67. The van der Waals surface area contributed by atoms with Gasteiger partial charge >= 0.3 is 5.97 Å². The van der Waals surface area contributed by atoms with E-state index in [0.717, 1.165) is 11.6 Å². The van der Waals surface area contributed by atoms with Crippen molar-refractivity contribution in [2.45, 2.75) is 25.9 Å². The van der Waals surface area contributed by atoms with Crippen LogP contribution in [0.15, 0.2) is 24.3 Å². The Balaban J connectivity index is 2.26. The van der Waals surface area contributed by atoms with E-state index in [-0.39, 0.29) is 5.91 Å². The van der Waals surface area contributed by atoms with Gasteiger partial charge in [-0.3, -0.25) is 4.79 Å². The molecule has 112 valence electrons. The monoisotopic (exact) mass is 289 g/mol. The van der Waals surface area contributed by atoms with E-state index < -0.39 is 11.6 Å². The molecule has 1 aromatic carbocycles. The van der Waals surface area contributed by atoms with Crippen LogP contribution >= 0.6 is 0 Å². The van der Waals surface area contributed by atoms with Crippen molar-refractivity contribution < 1.29 is 19.8 Å². The van der Waals surface area contributed by atoms with Crippen molar-refractivity contribution in [3.8, 4) is 0 Å². The Hall–Kier alpha value is -2.14. The van der Waals surface area contributed by atoms with Gasteiger partial charge in [-0.05, 0) is 43.5 Å². The summed E-state index contributed by atoms with van der Waals surface area (Å²) < 4.78 is 0. The van der Waals surface area contributed by atoms with Crippen LogP contribution in [0.1, 0.15) is 34.8 Å². The number of benzene rings is 1. The maximum Gasteiger partial charge on any atom is 0.328 e. The number of amides is 1. The summed E-state index contributed by atoms with van der Waals surface area (Å²) >= 11 is 0. The molecule has 5 heteroatoms. The smallest absolute Gasteiger partial charge is 0.328 e. The number of carboxylic acids is 1. The molecule has 0 saturated carbocycles. The third-order valence-corrected chi connectivity index (χ3v) is 3.75. The fourth-order valence-electron chi connectivity index (χ4n) is 2.52. The fraction of sp³-hybridized carbons (Fsp3) is 0.375. The first kappa shape index (κ1) is 15.3. The van der Waals surface area contributed by atoms with Gasteiger partial charge in [0.15, 0.2) is 0 Å². The Bertz CT molecular complexity index is 604. The Morgan fingerprint density at radius 2 is 2.10 bits per heavy atom. The fourth-order valence-corrected chi connectivity index (χ4v) is 2.52. The van der Waals surface area contributed by atoms with E-state index >= 15 is 0 Å². The minimum Gasteiger partial charge on any atom is -0.478 e. The van der Waals surface area contributed by atoms with Gasteiger partial charge in [0, 0.05) is 24.7 Å². The molecule has 2 N–H and O–H groups in total. The quantitative estimate of drug-likeness (QED) is 0.830. The average molecular weight is 289 g/mol. The minimum absolute atomic E-state index is 0.129. The second kappa shape index (κ2) is 5.69. The van der Waals surface area contributed by atoms with E-state index in [2.05, 4.69) is 0 Å². The topological polar surface area (TPSA) is 77.8 Å². The molecule has 1 atom stereocenters. The van der Waals surface area contributed by atoms with Crippen LogP contribution in [0.5, 0.6) is 0 Å². The molecule has 21 heavy (non-hydrogen) atoms. The van der Waals surface area contributed by atoms with Gasteiger partial charge in [0.2, 0.25) is 0 Å². The molecule has 0 aliphatic carbocycles. The van der Waals surface area contributed by atoms with Gasteiger partial charge < -0.3 is 15.1 Å². The van der Waals surface area contributed by atoms with E-state index in [0.29, 0.717) is 30.6 Å². The van der Waals surface area contributed by atoms with Crippen molar-refractivity contribution in [2.75, 3.05) is 13.1 Å². The van der Waals surface area contributed by atoms with Gasteiger partial charge in [0.25, 0.3) is 5.91 Å². The molecule has 2 rings (SSSR count). The number of hydrogen-bond donors (Lipinski definition) is 2. The van der Waals surface area contributed by atoms with Gasteiger partial charge in [-0.1, -0.05) is 12.1 Å². The second-order valence-corrected chi connectivity index (χ2v) is 5.67. The summed E-state index contributed by atoms with van der Waals surface area (Å²) in [6.07, 6.45) is 3.10. The standard InChI is InChI=1S/C16H19NO4/c1-11-12(6-7-14(18)19)4-3-5-13(11)15(20)17-9-8-16(2,21)10-17/h3-7,21H,8-10H2,1-2H3,(H,18,19)/b7-6+. The van der Waals surface area contributed by atoms with Gasteiger partial charge in [0.1, 0.15) is 0 Å². The van der Waals surface area contributed by atoms with Crippen LogP contribution in [0.2, 0.25) is 0 Å². The first-order chi connectivity index (χ1) is 9.80. The summed E-state index contributed by atoms with van der Waals surface area (Å²) in [5.74, 6) is -1.16. The third kappa shape index (κ3) is 3.49. The zero-order valence-electron chi connectivity index (χ0n) is 12.2. The van der Waals surface area contributed by atoms with Crippen molar-refractivity contribution in [1.29, 1.82) is 0 Å². The summed E-state index contributed by atoms with van der Waals surface area (Å²) in [6, 6.07) is 5.23. The lowest BCUT2D eigenvalue weighted by Gasteiger charge is -2.20. The lowest BCUT2D eigenvalue weighted by molar-refractivity contribution is -0.131. The number of carbonyl (C=O) groups excluding carboxylic acids is 1. The lowest BCUT2D eigenvalue weighted by atomic mass is 10.0. The Morgan fingerprint density at radius 1 is 1.38 bits per heavy atom. The summed E-state index contributed by atoms with van der Waals surface area (Å²) in [5, 5.41) is 18.6.